The number of aliphatic imine (C=N–C) groups is 2. The second kappa shape index (κ2) is 12.6. The molecule has 0 bridgehead atoms. The van der Waals surface area contributed by atoms with E-state index in [2.05, 4.69) is 19.2 Å². The lowest BCUT2D eigenvalue weighted by atomic mass is 10.2. The molecule has 0 saturated heterocycles. The van der Waals surface area contributed by atoms with Crippen LogP contribution in [0.15, 0.2) is 70.6 Å². The fourth-order valence-electron chi connectivity index (χ4n) is 3.46. The van der Waals surface area contributed by atoms with Gasteiger partial charge in [0.2, 0.25) is 11.8 Å². The molecule has 2 aliphatic rings. The molecule has 35 heavy (non-hydrogen) atoms. The van der Waals surface area contributed by atoms with Crippen LogP contribution in [-0.4, -0.2) is 67.7 Å². The highest BCUT2D eigenvalue weighted by atomic mass is 32.2. The van der Waals surface area contributed by atoms with E-state index in [-0.39, 0.29) is 24.4 Å². The van der Waals surface area contributed by atoms with Crippen molar-refractivity contribution >= 4 is 57.6 Å². The Morgan fingerprint density at radius 1 is 0.771 bits per heavy atom. The third-order valence-corrected chi connectivity index (χ3v) is 8.25. The summed E-state index contributed by atoms with van der Waals surface area (Å²) in [5, 5.41) is 7.67. The topological polar surface area (TPSA) is 89.4 Å². The van der Waals surface area contributed by atoms with Crippen molar-refractivity contribution in [1.82, 2.24) is 19.2 Å². The molecule has 0 spiro atoms. The quantitative estimate of drug-likeness (QED) is 0.361. The molecule has 11 heteroatoms. The molecule has 2 heterocycles. The van der Waals surface area contributed by atoms with E-state index in [9.17, 15) is 9.59 Å². The maximum atomic E-state index is 11.7. The molecule has 2 amide bonds. The highest BCUT2D eigenvalue weighted by molar-refractivity contribution is 8.13. The molecule has 0 aromatic heterocycles. The number of amides is 2. The summed E-state index contributed by atoms with van der Waals surface area (Å²) >= 11 is 4.98. The second-order valence-electron chi connectivity index (χ2n) is 7.83. The molecule has 2 N–H and O–H groups in total. The third-order valence-electron chi connectivity index (χ3n) is 5.05. The number of benzene rings is 2. The fourth-order valence-corrected chi connectivity index (χ4v) is 6.53. The number of hydrogen-bond acceptors (Lipinski definition) is 9. The van der Waals surface area contributed by atoms with Crippen molar-refractivity contribution in [2.75, 3.05) is 24.6 Å². The van der Waals surface area contributed by atoms with Gasteiger partial charge in [0.05, 0.1) is 0 Å². The Labute approximate surface area is 218 Å². The second-order valence-corrected chi connectivity index (χ2v) is 11.1. The van der Waals surface area contributed by atoms with Gasteiger partial charge in [0, 0.05) is 49.6 Å². The number of nitrogens with one attached hydrogen (secondary N) is 2. The number of thioether (sulfide) groups is 1. The van der Waals surface area contributed by atoms with E-state index in [1.54, 1.807) is 23.9 Å². The van der Waals surface area contributed by atoms with Crippen LogP contribution in [0.25, 0.3) is 0 Å². The van der Waals surface area contributed by atoms with E-state index in [1.807, 2.05) is 72.4 Å². The zero-order valence-electron chi connectivity index (χ0n) is 19.6. The summed E-state index contributed by atoms with van der Waals surface area (Å²) in [6, 6.07) is 20.0. The maximum Gasteiger partial charge on any atom is 0.219 e. The normalized spacial score (nSPS) is 20.4. The summed E-state index contributed by atoms with van der Waals surface area (Å²) in [5.74, 6) is 1.57. The van der Waals surface area contributed by atoms with Crippen molar-refractivity contribution in [3.8, 4) is 0 Å². The van der Waals surface area contributed by atoms with Gasteiger partial charge < -0.3 is 10.6 Å². The lowest BCUT2D eigenvalue weighted by Gasteiger charge is -2.23. The first kappa shape index (κ1) is 25.8. The minimum Gasteiger partial charge on any atom is -0.321 e. The summed E-state index contributed by atoms with van der Waals surface area (Å²) in [4.78, 5) is 32.8. The minimum atomic E-state index is -0.367. The Bertz CT molecular complexity index is 998. The SMILES string of the molecule is CC(=O)NC1N=C(c2ccccc2)SN1CCSCCN1SC(c2ccccc2)=NC1NC(C)=O. The van der Waals surface area contributed by atoms with Crippen LogP contribution in [0.4, 0.5) is 0 Å². The molecule has 0 fully saturated rings. The largest absolute Gasteiger partial charge is 0.321 e. The molecule has 0 aliphatic carbocycles. The standard InChI is InChI=1S/C24H28N6O2S3/c1-17(31)25-23-27-21(19-9-5-3-6-10-19)34-29(23)13-15-33-16-14-30-24(26-18(2)32)28-22(35-30)20-11-7-4-8-12-20/h3-12,23-24H,13-16H2,1-2H3,(H,25,31)(H,26,32). The molecule has 2 aliphatic heterocycles. The smallest absolute Gasteiger partial charge is 0.219 e. The zero-order chi connectivity index (χ0) is 24.6. The Hall–Kier alpha value is -2.31. The van der Waals surface area contributed by atoms with Gasteiger partial charge in [-0.3, -0.25) is 9.59 Å². The summed E-state index contributed by atoms with van der Waals surface area (Å²) < 4.78 is 4.22. The number of rotatable bonds is 10. The molecule has 8 nitrogen and oxygen atoms in total. The van der Waals surface area contributed by atoms with Crippen molar-refractivity contribution in [2.45, 2.75) is 26.4 Å². The van der Waals surface area contributed by atoms with Crippen molar-refractivity contribution in [3.05, 3.63) is 71.8 Å². The van der Waals surface area contributed by atoms with E-state index in [1.165, 1.54) is 13.8 Å². The van der Waals surface area contributed by atoms with E-state index in [0.29, 0.717) is 0 Å². The molecule has 184 valence electrons. The van der Waals surface area contributed by atoms with Gasteiger partial charge in [0.1, 0.15) is 10.1 Å². The predicted octanol–water partition coefficient (Wildman–Crippen LogP) is 3.38. The predicted molar refractivity (Wildman–Crippen MR) is 147 cm³/mol. The van der Waals surface area contributed by atoms with E-state index in [4.69, 9.17) is 9.98 Å². The lowest BCUT2D eigenvalue weighted by molar-refractivity contribution is -0.121. The highest BCUT2D eigenvalue weighted by Gasteiger charge is 2.30. The van der Waals surface area contributed by atoms with Crippen LogP contribution >= 0.6 is 35.7 Å². The summed E-state index contributed by atoms with van der Waals surface area (Å²) in [5.41, 5.74) is 2.10. The molecule has 2 aromatic rings. The van der Waals surface area contributed by atoms with Crippen LogP contribution in [0.3, 0.4) is 0 Å². The number of carbonyl (C=O) groups excluding carboxylic acids is 2. The molecular weight excluding hydrogens is 501 g/mol. The zero-order valence-corrected chi connectivity index (χ0v) is 22.0. The van der Waals surface area contributed by atoms with E-state index < -0.39 is 0 Å². The molecule has 0 radical (unpaired) electrons. The van der Waals surface area contributed by atoms with Crippen molar-refractivity contribution in [1.29, 1.82) is 0 Å². The fraction of sp³-hybridized carbons (Fsp3) is 0.333. The van der Waals surface area contributed by atoms with Crippen LogP contribution < -0.4 is 10.6 Å². The van der Waals surface area contributed by atoms with Gasteiger partial charge in [-0.25, -0.2) is 18.6 Å². The van der Waals surface area contributed by atoms with E-state index >= 15 is 0 Å². The minimum absolute atomic E-state index is 0.101. The monoisotopic (exact) mass is 528 g/mol. The molecule has 2 atom stereocenters. The number of hydrogen-bond donors (Lipinski definition) is 2. The Balaban J connectivity index is 1.26. The Kier molecular flexibility index (Phi) is 9.27. The van der Waals surface area contributed by atoms with Crippen LogP contribution in [-0.2, 0) is 9.59 Å². The molecule has 2 unspecified atom stereocenters. The van der Waals surface area contributed by atoms with Crippen LogP contribution in [0.1, 0.15) is 25.0 Å². The number of carbonyl (C=O) groups is 2. The average Bonchev–Trinajstić information content (AvgIpc) is 3.43. The van der Waals surface area contributed by atoms with Crippen molar-refractivity contribution in [3.63, 3.8) is 0 Å². The molecule has 0 saturated carbocycles. The first-order chi connectivity index (χ1) is 17.0. The van der Waals surface area contributed by atoms with Gasteiger partial charge in [-0.2, -0.15) is 11.8 Å². The average molecular weight is 529 g/mol. The van der Waals surface area contributed by atoms with Crippen molar-refractivity contribution < 1.29 is 9.59 Å². The van der Waals surface area contributed by atoms with Gasteiger partial charge >= 0.3 is 0 Å². The maximum absolute atomic E-state index is 11.7. The van der Waals surface area contributed by atoms with Crippen molar-refractivity contribution in [2.24, 2.45) is 9.98 Å². The summed E-state index contributed by atoms with van der Waals surface area (Å²) in [7, 11) is 0. The Morgan fingerprint density at radius 3 is 1.54 bits per heavy atom. The molecule has 2 aromatic carbocycles. The first-order valence-electron chi connectivity index (χ1n) is 11.3. The Morgan fingerprint density at radius 2 is 1.17 bits per heavy atom. The van der Waals surface area contributed by atoms with Crippen LogP contribution in [0.5, 0.6) is 0 Å². The van der Waals surface area contributed by atoms with Crippen LogP contribution in [0, 0.1) is 0 Å². The summed E-state index contributed by atoms with van der Waals surface area (Å²) in [6.45, 7) is 4.57. The first-order valence-corrected chi connectivity index (χ1v) is 14.0. The van der Waals surface area contributed by atoms with Gasteiger partial charge in [-0.1, -0.05) is 60.7 Å². The highest BCUT2D eigenvalue weighted by Crippen LogP contribution is 2.30. The molecular formula is C24H28N6O2S3. The summed E-state index contributed by atoms with van der Waals surface area (Å²) in [6.07, 6.45) is -0.734. The van der Waals surface area contributed by atoms with Gasteiger partial charge in [0.15, 0.2) is 12.6 Å². The van der Waals surface area contributed by atoms with E-state index in [0.717, 1.165) is 45.8 Å². The van der Waals surface area contributed by atoms with Gasteiger partial charge in [-0.15, -0.1) is 0 Å². The van der Waals surface area contributed by atoms with Gasteiger partial charge in [-0.05, 0) is 23.9 Å². The number of nitrogens with zero attached hydrogens (tertiary/aromatic N) is 4. The third kappa shape index (κ3) is 7.34. The van der Waals surface area contributed by atoms with Crippen LogP contribution in [0.2, 0.25) is 0 Å². The lowest BCUT2D eigenvalue weighted by Crippen LogP contribution is -2.42. The molecule has 4 rings (SSSR count). The van der Waals surface area contributed by atoms with Gasteiger partial charge in [0.25, 0.3) is 0 Å².